The third-order valence-corrected chi connectivity index (χ3v) is 7.10. The lowest BCUT2D eigenvalue weighted by atomic mass is 9.72. The minimum absolute atomic E-state index is 0.0556. The van der Waals surface area contributed by atoms with Crippen molar-refractivity contribution in [3.8, 4) is 5.75 Å². The van der Waals surface area contributed by atoms with Gasteiger partial charge in [-0.15, -0.1) is 0 Å². The number of ether oxygens (including phenoxy) is 1. The Kier molecular flexibility index (Phi) is 7.57. The molecule has 1 aromatic heterocycles. The van der Waals surface area contributed by atoms with Crippen LogP contribution in [0.1, 0.15) is 76.2 Å². The number of nitrogens with one attached hydrogen (secondary N) is 2. The molecule has 196 valence electrons. The van der Waals surface area contributed by atoms with E-state index in [9.17, 15) is 14.3 Å². The molecule has 3 atom stereocenters. The van der Waals surface area contributed by atoms with E-state index >= 15 is 0 Å². The lowest BCUT2D eigenvalue weighted by molar-refractivity contribution is -0.120. The van der Waals surface area contributed by atoms with Crippen molar-refractivity contribution in [1.82, 2.24) is 15.6 Å². The second-order valence-electron chi connectivity index (χ2n) is 11.7. The highest BCUT2D eigenvalue weighted by molar-refractivity contribution is 5.73. The van der Waals surface area contributed by atoms with Gasteiger partial charge >= 0.3 is 0 Å². The van der Waals surface area contributed by atoms with Gasteiger partial charge in [0.05, 0.1) is 12.1 Å². The van der Waals surface area contributed by atoms with Crippen molar-refractivity contribution in [3.63, 3.8) is 0 Å². The smallest absolute Gasteiger partial charge is 0.217 e. The van der Waals surface area contributed by atoms with Crippen LogP contribution in [0.25, 0.3) is 0 Å². The van der Waals surface area contributed by atoms with Gasteiger partial charge in [-0.25, -0.2) is 9.37 Å². The molecule has 7 nitrogen and oxygen atoms in total. The molecular formula is C28H39FN4O3. The van der Waals surface area contributed by atoms with E-state index in [1.165, 1.54) is 19.1 Å². The van der Waals surface area contributed by atoms with Crippen molar-refractivity contribution in [2.45, 2.75) is 90.0 Å². The molecule has 36 heavy (non-hydrogen) atoms. The van der Waals surface area contributed by atoms with E-state index in [-0.39, 0.29) is 35.3 Å². The molecule has 1 amide bonds. The summed E-state index contributed by atoms with van der Waals surface area (Å²) in [4.78, 5) is 16.5. The number of hydrogen-bond donors (Lipinski definition) is 4. The molecule has 1 fully saturated rings. The second-order valence-corrected chi connectivity index (χ2v) is 11.7. The number of amides is 1. The summed E-state index contributed by atoms with van der Waals surface area (Å²) < 4.78 is 20.1. The highest BCUT2D eigenvalue weighted by atomic mass is 19.1. The van der Waals surface area contributed by atoms with E-state index in [1.54, 1.807) is 12.1 Å². The highest BCUT2D eigenvalue weighted by Gasteiger charge is 2.46. The van der Waals surface area contributed by atoms with E-state index in [1.807, 2.05) is 0 Å². The molecule has 2 aromatic rings. The highest BCUT2D eigenvalue weighted by Crippen LogP contribution is 2.50. The Morgan fingerprint density at radius 1 is 1.33 bits per heavy atom. The lowest BCUT2D eigenvalue weighted by Crippen LogP contribution is -2.52. The van der Waals surface area contributed by atoms with Gasteiger partial charge < -0.3 is 26.2 Å². The fourth-order valence-electron chi connectivity index (χ4n) is 5.30. The normalized spacial score (nSPS) is 20.1. The number of halogens is 1. The van der Waals surface area contributed by atoms with Gasteiger partial charge in [-0.05, 0) is 61.3 Å². The van der Waals surface area contributed by atoms with Crippen LogP contribution < -0.4 is 21.1 Å². The lowest BCUT2D eigenvalue weighted by Gasteiger charge is -2.48. The van der Waals surface area contributed by atoms with Gasteiger partial charge in [0, 0.05) is 37.2 Å². The van der Waals surface area contributed by atoms with Crippen molar-refractivity contribution in [2.24, 2.45) is 5.41 Å². The largest absolute Gasteiger partial charge is 0.483 e. The third kappa shape index (κ3) is 6.34. The molecule has 0 radical (unpaired) electrons. The average molecular weight is 499 g/mol. The standard InChI is InChI=1S/C28H39FN4O3/c1-17(34)32-22(12-18-7-5-8-19(29)11-18)24(35)16-31-23-15-28(9-6-10-28)36-25-21(23)13-20(33-26(25)30)14-27(2,3)4/h5,7-8,11,13,22-24,31,35H,6,9-10,12,14-16H2,1-4H3,(H2,30,33)(H,32,34)/t22-,23-,24+/m0/s1. The molecule has 1 spiro atoms. The third-order valence-electron chi connectivity index (χ3n) is 7.10. The van der Waals surface area contributed by atoms with Crippen molar-refractivity contribution < 1.29 is 19.0 Å². The van der Waals surface area contributed by atoms with Gasteiger partial charge in [0.2, 0.25) is 5.91 Å². The van der Waals surface area contributed by atoms with Crippen LogP contribution in [0.5, 0.6) is 5.75 Å². The Morgan fingerprint density at radius 3 is 2.69 bits per heavy atom. The molecule has 0 bridgehead atoms. The quantitative estimate of drug-likeness (QED) is 0.440. The topological polar surface area (TPSA) is 110 Å². The van der Waals surface area contributed by atoms with Crippen LogP contribution in [0.2, 0.25) is 0 Å². The van der Waals surface area contributed by atoms with E-state index in [2.05, 4.69) is 42.5 Å². The molecule has 5 N–H and O–H groups in total. The van der Waals surface area contributed by atoms with Crippen LogP contribution >= 0.6 is 0 Å². The number of carbonyl (C=O) groups excluding carboxylic acids is 1. The number of anilines is 1. The monoisotopic (exact) mass is 498 g/mol. The first kappa shape index (κ1) is 26.4. The number of hydrogen-bond acceptors (Lipinski definition) is 6. The molecule has 1 aromatic carbocycles. The van der Waals surface area contributed by atoms with Crippen LogP contribution in [0.4, 0.5) is 10.2 Å². The summed E-state index contributed by atoms with van der Waals surface area (Å²) in [5, 5.41) is 17.5. The summed E-state index contributed by atoms with van der Waals surface area (Å²) in [5.74, 6) is 0.464. The Hall–Kier alpha value is -2.71. The van der Waals surface area contributed by atoms with Crippen LogP contribution in [0.15, 0.2) is 30.3 Å². The zero-order valence-electron chi connectivity index (χ0n) is 21.7. The average Bonchev–Trinajstić information content (AvgIpc) is 2.74. The number of carbonyl (C=O) groups is 1. The van der Waals surface area contributed by atoms with Gasteiger partial charge in [-0.3, -0.25) is 4.79 Å². The van der Waals surface area contributed by atoms with Gasteiger partial charge in [-0.2, -0.15) is 0 Å². The summed E-state index contributed by atoms with van der Waals surface area (Å²) in [6.45, 7) is 8.16. The number of nitrogens with zero attached hydrogens (tertiary/aromatic N) is 1. The summed E-state index contributed by atoms with van der Waals surface area (Å²) in [5.41, 5.74) is 8.78. The van der Waals surface area contributed by atoms with Gasteiger partial charge in [0.1, 0.15) is 11.4 Å². The van der Waals surface area contributed by atoms with Crippen LogP contribution in [-0.4, -0.2) is 40.3 Å². The molecule has 1 aliphatic carbocycles. The maximum atomic E-state index is 13.7. The summed E-state index contributed by atoms with van der Waals surface area (Å²) in [7, 11) is 0. The fourth-order valence-corrected chi connectivity index (χ4v) is 5.30. The minimum Gasteiger partial charge on any atom is -0.483 e. The van der Waals surface area contributed by atoms with E-state index < -0.39 is 12.1 Å². The molecule has 0 unspecified atom stereocenters. The first-order chi connectivity index (χ1) is 16.9. The van der Waals surface area contributed by atoms with E-state index in [4.69, 9.17) is 10.5 Å². The number of aliphatic hydroxyl groups excluding tert-OH is 1. The summed E-state index contributed by atoms with van der Waals surface area (Å²) >= 11 is 0. The Balaban J connectivity index is 1.54. The van der Waals surface area contributed by atoms with Crippen molar-refractivity contribution in [3.05, 3.63) is 53.0 Å². The zero-order valence-corrected chi connectivity index (χ0v) is 21.7. The number of rotatable bonds is 8. The molecule has 0 saturated heterocycles. The first-order valence-electron chi connectivity index (χ1n) is 12.8. The summed E-state index contributed by atoms with van der Waals surface area (Å²) in [6, 6.07) is 7.67. The predicted molar refractivity (Wildman–Crippen MR) is 138 cm³/mol. The number of fused-ring (bicyclic) bond motifs is 1. The van der Waals surface area contributed by atoms with Crippen LogP contribution in [-0.2, 0) is 17.6 Å². The molecule has 8 heteroatoms. The molecule has 1 aliphatic heterocycles. The second kappa shape index (κ2) is 10.3. The number of pyridine rings is 1. The number of nitrogen functional groups attached to an aromatic ring is 1. The maximum Gasteiger partial charge on any atom is 0.217 e. The first-order valence-corrected chi connectivity index (χ1v) is 12.8. The predicted octanol–water partition coefficient (Wildman–Crippen LogP) is 3.84. The molecule has 2 heterocycles. The maximum absolute atomic E-state index is 13.7. The summed E-state index contributed by atoms with van der Waals surface area (Å²) in [6.07, 6.45) is 4.03. The molecule has 4 rings (SSSR count). The number of nitrogens with two attached hydrogens (primary N) is 1. The van der Waals surface area contributed by atoms with Crippen molar-refractivity contribution in [2.75, 3.05) is 12.3 Å². The number of benzene rings is 1. The van der Waals surface area contributed by atoms with Crippen molar-refractivity contribution in [1.29, 1.82) is 0 Å². The van der Waals surface area contributed by atoms with Gasteiger partial charge in [0.25, 0.3) is 0 Å². The minimum atomic E-state index is -0.881. The van der Waals surface area contributed by atoms with E-state index in [0.29, 0.717) is 23.6 Å². The number of aliphatic hydroxyl groups is 1. The molecular weight excluding hydrogens is 459 g/mol. The zero-order chi connectivity index (χ0) is 26.1. The van der Waals surface area contributed by atoms with Crippen LogP contribution in [0, 0.1) is 11.2 Å². The van der Waals surface area contributed by atoms with Crippen molar-refractivity contribution >= 4 is 11.7 Å². The Labute approximate surface area is 213 Å². The van der Waals surface area contributed by atoms with Gasteiger partial charge in [-0.1, -0.05) is 32.9 Å². The molecule has 2 aliphatic rings. The fraction of sp³-hybridized carbons (Fsp3) is 0.571. The number of aromatic nitrogens is 1. The SMILES string of the molecule is CC(=O)N[C@@H](Cc1cccc(F)c1)[C@H](O)CN[C@H]1CC2(CCC2)Oc2c1cc(CC(C)(C)C)nc2N. The Morgan fingerprint density at radius 2 is 2.08 bits per heavy atom. The van der Waals surface area contributed by atoms with Crippen LogP contribution in [0.3, 0.4) is 0 Å². The Bertz CT molecular complexity index is 1100. The molecule has 1 saturated carbocycles. The van der Waals surface area contributed by atoms with Gasteiger partial charge in [0.15, 0.2) is 11.6 Å². The van der Waals surface area contributed by atoms with E-state index in [0.717, 1.165) is 43.4 Å².